The van der Waals surface area contributed by atoms with Gasteiger partial charge in [-0.3, -0.25) is 4.79 Å². The van der Waals surface area contributed by atoms with Gasteiger partial charge in [0.05, 0.1) is 12.4 Å². The van der Waals surface area contributed by atoms with Crippen LogP contribution in [-0.4, -0.2) is 38.0 Å². The van der Waals surface area contributed by atoms with Crippen molar-refractivity contribution in [1.29, 1.82) is 0 Å². The maximum atomic E-state index is 13.1. The van der Waals surface area contributed by atoms with Gasteiger partial charge >= 0.3 is 6.18 Å². The third-order valence-electron chi connectivity index (χ3n) is 3.94. The first-order valence-corrected chi connectivity index (χ1v) is 7.27. The van der Waals surface area contributed by atoms with Crippen molar-refractivity contribution in [3.05, 3.63) is 12.2 Å². The first kappa shape index (κ1) is 14.2. The minimum atomic E-state index is -4.65. The Kier molecular flexibility index (Phi) is 2.97. The van der Waals surface area contributed by atoms with Gasteiger partial charge < -0.3 is 15.2 Å². The molecule has 2 fully saturated rings. The number of amides is 1. The molecule has 3 heterocycles. The summed E-state index contributed by atoms with van der Waals surface area (Å²) in [7, 11) is 0. The number of alkyl halides is 3. The number of carbonyl (C=O) groups is 1. The standard InChI is InChI=1S/C13H13F3N6O/c14-13(15,16)12-20-10(19-6-1-2-6)9-11(21-12)22(5-18-9)7-3-8(23)17-4-7/h5-7H,1-4H2,(H,17,23)(H,19,20,21)/t7-/m0/s1. The molecule has 2 aromatic heterocycles. The van der Waals surface area contributed by atoms with E-state index in [0.29, 0.717) is 12.1 Å². The minimum Gasteiger partial charge on any atom is -0.365 e. The number of carbonyl (C=O) groups excluding carboxylic acids is 1. The molecule has 1 amide bonds. The molecule has 0 spiro atoms. The number of hydrogen-bond acceptors (Lipinski definition) is 5. The van der Waals surface area contributed by atoms with Gasteiger partial charge in [0, 0.05) is 19.0 Å². The summed E-state index contributed by atoms with van der Waals surface area (Å²) in [4.78, 5) is 22.8. The summed E-state index contributed by atoms with van der Waals surface area (Å²) < 4.78 is 40.7. The molecule has 1 saturated carbocycles. The van der Waals surface area contributed by atoms with Crippen molar-refractivity contribution in [3.8, 4) is 0 Å². The van der Waals surface area contributed by atoms with Crippen LogP contribution in [0.2, 0.25) is 0 Å². The Morgan fingerprint density at radius 1 is 1.30 bits per heavy atom. The van der Waals surface area contributed by atoms with Gasteiger partial charge in [-0.1, -0.05) is 0 Å². The number of anilines is 1. The Bertz CT molecular complexity index is 782. The Balaban J connectivity index is 1.84. The number of nitrogens with zero attached hydrogens (tertiary/aromatic N) is 4. The van der Waals surface area contributed by atoms with Crippen LogP contribution in [0.1, 0.15) is 31.1 Å². The lowest BCUT2D eigenvalue weighted by Crippen LogP contribution is -2.17. The maximum absolute atomic E-state index is 13.1. The summed E-state index contributed by atoms with van der Waals surface area (Å²) in [5.41, 5.74) is 0.390. The molecule has 23 heavy (non-hydrogen) atoms. The van der Waals surface area contributed by atoms with Crippen molar-refractivity contribution in [2.75, 3.05) is 11.9 Å². The second-order valence-electron chi connectivity index (χ2n) is 5.80. The van der Waals surface area contributed by atoms with Gasteiger partial charge in [0.1, 0.15) is 5.52 Å². The van der Waals surface area contributed by atoms with Gasteiger partial charge in [0.25, 0.3) is 0 Å². The highest BCUT2D eigenvalue weighted by molar-refractivity contribution is 5.84. The number of imidazole rings is 1. The molecule has 1 saturated heterocycles. The van der Waals surface area contributed by atoms with Crippen LogP contribution >= 0.6 is 0 Å². The van der Waals surface area contributed by atoms with Crippen molar-refractivity contribution in [1.82, 2.24) is 24.8 Å². The fourth-order valence-corrected chi connectivity index (χ4v) is 2.62. The van der Waals surface area contributed by atoms with Crippen molar-refractivity contribution >= 4 is 22.9 Å². The molecule has 1 aliphatic carbocycles. The number of rotatable bonds is 3. The first-order valence-electron chi connectivity index (χ1n) is 7.27. The van der Waals surface area contributed by atoms with E-state index in [2.05, 4.69) is 25.6 Å². The zero-order chi connectivity index (χ0) is 16.2. The normalized spacial score (nSPS) is 21.7. The van der Waals surface area contributed by atoms with E-state index in [-0.39, 0.29) is 35.9 Å². The molecule has 1 aliphatic heterocycles. The van der Waals surface area contributed by atoms with Crippen molar-refractivity contribution in [3.63, 3.8) is 0 Å². The molecule has 0 aromatic carbocycles. The number of nitrogens with one attached hydrogen (secondary N) is 2. The average Bonchev–Trinajstić information content (AvgIpc) is 3.02. The number of fused-ring (bicyclic) bond motifs is 1. The van der Waals surface area contributed by atoms with Crippen LogP contribution in [0.3, 0.4) is 0 Å². The highest BCUT2D eigenvalue weighted by Crippen LogP contribution is 2.33. The topological polar surface area (TPSA) is 84.7 Å². The maximum Gasteiger partial charge on any atom is 0.451 e. The predicted octanol–water partition coefficient (Wildman–Crippen LogP) is 1.48. The van der Waals surface area contributed by atoms with E-state index in [0.717, 1.165) is 12.8 Å². The summed E-state index contributed by atoms with van der Waals surface area (Å²) in [6.45, 7) is 0.348. The van der Waals surface area contributed by atoms with Crippen LogP contribution in [0, 0.1) is 0 Å². The molecular weight excluding hydrogens is 313 g/mol. The average molecular weight is 326 g/mol. The molecule has 0 bridgehead atoms. The van der Waals surface area contributed by atoms with Crippen LogP contribution in [0.4, 0.5) is 19.0 Å². The molecule has 122 valence electrons. The summed E-state index contributed by atoms with van der Waals surface area (Å²) in [6, 6.07) is -0.161. The van der Waals surface area contributed by atoms with Gasteiger partial charge in [-0.2, -0.15) is 13.2 Å². The second kappa shape index (κ2) is 4.80. The highest BCUT2D eigenvalue weighted by atomic mass is 19.4. The molecule has 7 nitrogen and oxygen atoms in total. The van der Waals surface area contributed by atoms with E-state index in [1.165, 1.54) is 10.9 Å². The first-order chi connectivity index (χ1) is 10.9. The molecule has 10 heteroatoms. The van der Waals surface area contributed by atoms with Crippen LogP contribution in [0.5, 0.6) is 0 Å². The molecule has 4 rings (SSSR count). The number of hydrogen-bond donors (Lipinski definition) is 2. The van der Waals surface area contributed by atoms with E-state index in [1.807, 2.05) is 0 Å². The van der Waals surface area contributed by atoms with Gasteiger partial charge in [-0.15, -0.1) is 0 Å². The summed E-state index contributed by atoms with van der Waals surface area (Å²) >= 11 is 0. The Hall–Kier alpha value is -2.39. The zero-order valence-corrected chi connectivity index (χ0v) is 11.9. The van der Waals surface area contributed by atoms with E-state index in [9.17, 15) is 18.0 Å². The lowest BCUT2D eigenvalue weighted by atomic mass is 10.2. The summed E-state index contributed by atoms with van der Waals surface area (Å²) in [6.07, 6.45) is -1.24. The Morgan fingerprint density at radius 2 is 2.09 bits per heavy atom. The zero-order valence-electron chi connectivity index (χ0n) is 11.9. The van der Waals surface area contributed by atoms with E-state index >= 15 is 0 Å². The second-order valence-corrected chi connectivity index (χ2v) is 5.80. The van der Waals surface area contributed by atoms with Crippen LogP contribution in [0.15, 0.2) is 6.33 Å². The number of aromatic nitrogens is 4. The monoisotopic (exact) mass is 326 g/mol. The minimum absolute atomic E-state index is 0.0944. The van der Waals surface area contributed by atoms with Gasteiger partial charge in [-0.05, 0) is 12.8 Å². The van der Waals surface area contributed by atoms with Crippen LogP contribution in [-0.2, 0) is 11.0 Å². The lowest BCUT2D eigenvalue weighted by molar-refractivity contribution is -0.144. The van der Waals surface area contributed by atoms with E-state index < -0.39 is 12.0 Å². The fraction of sp³-hybridized carbons (Fsp3) is 0.538. The third-order valence-corrected chi connectivity index (χ3v) is 3.94. The Morgan fingerprint density at radius 3 is 2.70 bits per heavy atom. The molecule has 0 unspecified atom stereocenters. The van der Waals surface area contributed by atoms with Gasteiger partial charge in [-0.25, -0.2) is 15.0 Å². The van der Waals surface area contributed by atoms with Crippen LogP contribution < -0.4 is 10.6 Å². The summed E-state index contributed by atoms with van der Waals surface area (Å²) in [5, 5.41) is 5.63. The van der Waals surface area contributed by atoms with Crippen LogP contribution in [0.25, 0.3) is 11.2 Å². The molecule has 2 N–H and O–H groups in total. The smallest absolute Gasteiger partial charge is 0.365 e. The highest BCUT2D eigenvalue weighted by Gasteiger charge is 2.37. The summed E-state index contributed by atoms with van der Waals surface area (Å²) in [5.74, 6) is -1.24. The lowest BCUT2D eigenvalue weighted by Gasteiger charge is -2.13. The van der Waals surface area contributed by atoms with Gasteiger partial charge in [0.2, 0.25) is 11.7 Å². The molecule has 2 aliphatic rings. The molecular formula is C13H13F3N6O. The predicted molar refractivity (Wildman–Crippen MR) is 73.6 cm³/mol. The third kappa shape index (κ3) is 2.57. The van der Waals surface area contributed by atoms with Crippen molar-refractivity contribution < 1.29 is 18.0 Å². The Labute approximate surface area is 128 Å². The fourth-order valence-electron chi connectivity index (χ4n) is 2.62. The quantitative estimate of drug-likeness (QED) is 0.892. The van der Waals surface area contributed by atoms with E-state index in [4.69, 9.17) is 0 Å². The SMILES string of the molecule is O=C1C[C@H](n2cnc3c(NC4CC4)nc(C(F)(F)F)nc32)CN1. The largest absolute Gasteiger partial charge is 0.451 e. The molecule has 1 atom stereocenters. The van der Waals surface area contributed by atoms with Gasteiger partial charge in [0.15, 0.2) is 11.5 Å². The van der Waals surface area contributed by atoms with Crippen molar-refractivity contribution in [2.24, 2.45) is 0 Å². The molecule has 0 radical (unpaired) electrons. The number of halogens is 3. The van der Waals surface area contributed by atoms with E-state index in [1.54, 1.807) is 0 Å². The molecule has 2 aromatic rings. The van der Waals surface area contributed by atoms with Crippen molar-refractivity contribution in [2.45, 2.75) is 37.5 Å².